The highest BCUT2D eigenvalue weighted by Crippen LogP contribution is 2.58. The SMILES string of the molecule is CC1(C)C(C(=O)O)C1C(=O)Nc1ccc(O)cc1. The standard InChI is InChI=1S/C13H15NO4/c1-13(2)9(10(13)12(17)18)11(16)14-7-3-5-8(15)6-4-7/h3-6,9-10,15H,1-2H3,(H,14,16)(H,17,18). The second kappa shape index (κ2) is 4.01. The molecule has 0 radical (unpaired) electrons. The number of benzene rings is 1. The van der Waals surface area contributed by atoms with E-state index in [9.17, 15) is 9.59 Å². The number of carboxylic acid groups (broad SMARTS) is 1. The van der Waals surface area contributed by atoms with E-state index >= 15 is 0 Å². The zero-order chi connectivity index (χ0) is 13.5. The van der Waals surface area contributed by atoms with Gasteiger partial charge in [-0.25, -0.2) is 0 Å². The first-order valence-corrected chi connectivity index (χ1v) is 5.66. The predicted molar refractivity (Wildman–Crippen MR) is 65.1 cm³/mol. The number of carbonyl (C=O) groups excluding carboxylic acids is 1. The second-order valence-electron chi connectivity index (χ2n) is 5.15. The fourth-order valence-corrected chi connectivity index (χ4v) is 2.35. The van der Waals surface area contributed by atoms with E-state index in [4.69, 9.17) is 10.2 Å². The number of hydrogen-bond acceptors (Lipinski definition) is 3. The highest BCUT2D eigenvalue weighted by molar-refractivity contribution is 5.99. The van der Waals surface area contributed by atoms with Gasteiger partial charge in [-0.2, -0.15) is 0 Å². The van der Waals surface area contributed by atoms with E-state index in [1.807, 2.05) is 0 Å². The van der Waals surface area contributed by atoms with Gasteiger partial charge in [0, 0.05) is 5.69 Å². The number of anilines is 1. The molecule has 5 nitrogen and oxygen atoms in total. The van der Waals surface area contributed by atoms with Gasteiger partial charge in [0.05, 0.1) is 11.8 Å². The molecule has 5 heteroatoms. The van der Waals surface area contributed by atoms with Gasteiger partial charge >= 0.3 is 5.97 Å². The highest BCUT2D eigenvalue weighted by atomic mass is 16.4. The summed E-state index contributed by atoms with van der Waals surface area (Å²) in [4.78, 5) is 22.9. The van der Waals surface area contributed by atoms with Crippen LogP contribution in [0, 0.1) is 17.3 Å². The molecule has 2 unspecified atom stereocenters. The van der Waals surface area contributed by atoms with Gasteiger partial charge in [-0.1, -0.05) is 13.8 Å². The molecule has 1 aromatic carbocycles. The first-order chi connectivity index (χ1) is 8.34. The van der Waals surface area contributed by atoms with E-state index < -0.39 is 23.2 Å². The first kappa shape index (κ1) is 12.4. The van der Waals surface area contributed by atoms with E-state index in [2.05, 4.69) is 5.32 Å². The molecule has 0 spiro atoms. The van der Waals surface area contributed by atoms with Gasteiger partial charge in [-0.05, 0) is 29.7 Å². The summed E-state index contributed by atoms with van der Waals surface area (Å²) in [5, 5.41) is 20.8. The summed E-state index contributed by atoms with van der Waals surface area (Å²) in [6.07, 6.45) is 0. The lowest BCUT2D eigenvalue weighted by molar-refractivity contribution is -0.140. The Bertz CT molecular complexity index is 492. The number of rotatable bonds is 3. The third-order valence-corrected chi connectivity index (χ3v) is 3.51. The van der Waals surface area contributed by atoms with Crippen LogP contribution in [0.15, 0.2) is 24.3 Å². The van der Waals surface area contributed by atoms with E-state index in [0.717, 1.165) is 0 Å². The van der Waals surface area contributed by atoms with Crippen LogP contribution in [0.3, 0.4) is 0 Å². The van der Waals surface area contributed by atoms with Crippen LogP contribution >= 0.6 is 0 Å². The van der Waals surface area contributed by atoms with E-state index in [0.29, 0.717) is 5.69 Å². The van der Waals surface area contributed by atoms with Gasteiger partial charge in [0.1, 0.15) is 5.75 Å². The number of aromatic hydroxyl groups is 1. The molecule has 0 aromatic heterocycles. The zero-order valence-corrected chi connectivity index (χ0v) is 10.2. The fourth-order valence-electron chi connectivity index (χ4n) is 2.35. The van der Waals surface area contributed by atoms with Crippen LogP contribution in [0.25, 0.3) is 0 Å². The molecule has 96 valence electrons. The molecule has 1 aliphatic carbocycles. The zero-order valence-electron chi connectivity index (χ0n) is 10.2. The molecule has 2 rings (SSSR count). The lowest BCUT2D eigenvalue weighted by atomic mass is 10.1. The summed E-state index contributed by atoms with van der Waals surface area (Å²) < 4.78 is 0. The lowest BCUT2D eigenvalue weighted by Crippen LogP contribution is -2.17. The van der Waals surface area contributed by atoms with Crippen molar-refractivity contribution in [2.24, 2.45) is 17.3 Å². The number of nitrogens with one attached hydrogen (secondary N) is 1. The maximum Gasteiger partial charge on any atom is 0.307 e. The molecular formula is C13H15NO4. The number of carbonyl (C=O) groups is 2. The third kappa shape index (κ3) is 2.03. The van der Waals surface area contributed by atoms with Crippen LogP contribution in [-0.2, 0) is 9.59 Å². The number of aliphatic carboxylic acids is 1. The minimum Gasteiger partial charge on any atom is -0.508 e. The van der Waals surface area contributed by atoms with Crippen LogP contribution in [0.2, 0.25) is 0 Å². The van der Waals surface area contributed by atoms with Crippen molar-refractivity contribution in [2.75, 3.05) is 5.32 Å². The molecule has 1 aliphatic rings. The van der Waals surface area contributed by atoms with Crippen LogP contribution in [-0.4, -0.2) is 22.1 Å². The van der Waals surface area contributed by atoms with Crippen molar-refractivity contribution in [3.63, 3.8) is 0 Å². The van der Waals surface area contributed by atoms with Gasteiger partial charge in [-0.3, -0.25) is 9.59 Å². The maximum absolute atomic E-state index is 12.0. The van der Waals surface area contributed by atoms with E-state index in [1.54, 1.807) is 26.0 Å². The lowest BCUT2D eigenvalue weighted by Gasteiger charge is -2.05. The minimum atomic E-state index is -0.939. The molecule has 0 heterocycles. The van der Waals surface area contributed by atoms with Crippen molar-refractivity contribution in [2.45, 2.75) is 13.8 Å². The quantitative estimate of drug-likeness (QED) is 0.711. The van der Waals surface area contributed by atoms with Crippen molar-refractivity contribution in [3.05, 3.63) is 24.3 Å². The molecule has 18 heavy (non-hydrogen) atoms. The molecule has 0 aliphatic heterocycles. The third-order valence-electron chi connectivity index (χ3n) is 3.51. The Hall–Kier alpha value is -2.04. The minimum absolute atomic E-state index is 0.114. The molecule has 2 atom stereocenters. The topological polar surface area (TPSA) is 86.6 Å². The number of phenolic OH excluding ortho intramolecular Hbond substituents is 1. The van der Waals surface area contributed by atoms with Crippen LogP contribution in [0.4, 0.5) is 5.69 Å². The molecular weight excluding hydrogens is 234 g/mol. The number of amides is 1. The largest absolute Gasteiger partial charge is 0.508 e. The molecule has 1 fully saturated rings. The van der Waals surface area contributed by atoms with E-state index in [1.165, 1.54) is 12.1 Å². The van der Waals surface area contributed by atoms with Crippen molar-refractivity contribution in [3.8, 4) is 5.75 Å². The Kier molecular flexibility index (Phi) is 2.77. The number of carboxylic acids is 1. The molecule has 3 N–H and O–H groups in total. The Balaban J connectivity index is 2.06. The van der Waals surface area contributed by atoms with Gasteiger partial charge < -0.3 is 15.5 Å². The Morgan fingerprint density at radius 3 is 2.17 bits per heavy atom. The molecule has 1 aromatic rings. The van der Waals surface area contributed by atoms with Crippen molar-refractivity contribution in [1.29, 1.82) is 0 Å². The van der Waals surface area contributed by atoms with Crippen LogP contribution in [0.5, 0.6) is 5.75 Å². The van der Waals surface area contributed by atoms with Crippen LogP contribution < -0.4 is 5.32 Å². The van der Waals surface area contributed by atoms with Crippen molar-refractivity contribution in [1.82, 2.24) is 0 Å². The van der Waals surface area contributed by atoms with Gasteiger partial charge in [0.2, 0.25) is 5.91 Å². The smallest absolute Gasteiger partial charge is 0.307 e. The average molecular weight is 249 g/mol. The summed E-state index contributed by atoms with van der Waals surface area (Å²) in [5.74, 6) is -2.26. The Labute approximate surface area is 104 Å². The molecule has 1 amide bonds. The monoisotopic (exact) mass is 249 g/mol. The predicted octanol–water partition coefficient (Wildman–Crippen LogP) is 1.69. The highest BCUT2D eigenvalue weighted by Gasteiger charge is 2.65. The average Bonchev–Trinajstić information content (AvgIpc) is 2.85. The summed E-state index contributed by atoms with van der Waals surface area (Å²) in [6, 6.07) is 6.06. The maximum atomic E-state index is 12.0. The van der Waals surface area contributed by atoms with Crippen molar-refractivity contribution < 1.29 is 19.8 Å². The normalized spacial score (nSPS) is 24.3. The van der Waals surface area contributed by atoms with Crippen LogP contribution in [0.1, 0.15) is 13.8 Å². The van der Waals surface area contributed by atoms with Crippen molar-refractivity contribution >= 4 is 17.6 Å². The summed E-state index contributed by atoms with van der Waals surface area (Å²) >= 11 is 0. The summed E-state index contributed by atoms with van der Waals surface area (Å²) in [7, 11) is 0. The van der Waals surface area contributed by atoms with Gasteiger partial charge in [0.25, 0.3) is 0 Å². The Morgan fingerprint density at radius 1 is 1.17 bits per heavy atom. The van der Waals surface area contributed by atoms with E-state index in [-0.39, 0.29) is 11.7 Å². The fraction of sp³-hybridized carbons (Fsp3) is 0.385. The van der Waals surface area contributed by atoms with Gasteiger partial charge in [-0.15, -0.1) is 0 Å². The number of hydrogen-bond donors (Lipinski definition) is 3. The number of phenols is 1. The molecule has 0 saturated heterocycles. The molecule has 1 saturated carbocycles. The summed E-state index contributed by atoms with van der Waals surface area (Å²) in [5.41, 5.74) is 0.0389. The first-order valence-electron chi connectivity index (χ1n) is 5.66. The van der Waals surface area contributed by atoms with Gasteiger partial charge in [0.15, 0.2) is 0 Å². The second-order valence-corrected chi connectivity index (χ2v) is 5.15. The Morgan fingerprint density at radius 2 is 1.72 bits per heavy atom. The molecule has 0 bridgehead atoms. The summed E-state index contributed by atoms with van der Waals surface area (Å²) in [6.45, 7) is 3.54.